The van der Waals surface area contributed by atoms with E-state index >= 15 is 0 Å². The number of carbonyl (C=O) groups is 1. The fourth-order valence-electron chi connectivity index (χ4n) is 3.87. The number of benzene rings is 1. The molecule has 1 saturated heterocycles. The van der Waals surface area contributed by atoms with Crippen molar-refractivity contribution in [3.8, 4) is 0 Å². The molecule has 5 nitrogen and oxygen atoms in total. The van der Waals surface area contributed by atoms with Crippen LogP contribution in [0.2, 0.25) is 0 Å². The Hall–Kier alpha value is -1.66. The number of aryl methyl sites for hydroxylation is 2. The molecule has 0 saturated carbocycles. The van der Waals surface area contributed by atoms with Crippen molar-refractivity contribution in [1.29, 1.82) is 0 Å². The van der Waals surface area contributed by atoms with Gasteiger partial charge in [-0.25, -0.2) is 9.18 Å². The summed E-state index contributed by atoms with van der Waals surface area (Å²) < 4.78 is 18.9. The Bertz CT molecular complexity index is 618. The van der Waals surface area contributed by atoms with E-state index in [1.165, 1.54) is 12.5 Å². The second-order valence-electron chi connectivity index (χ2n) is 8.42. The van der Waals surface area contributed by atoms with Crippen LogP contribution in [0.15, 0.2) is 18.2 Å². The molecule has 164 valence electrons. The summed E-state index contributed by atoms with van der Waals surface area (Å²) in [6, 6.07) is 4.85. The van der Waals surface area contributed by atoms with Gasteiger partial charge in [-0.3, -0.25) is 0 Å². The molecule has 0 aromatic heterocycles. The third-order valence-electron chi connectivity index (χ3n) is 5.75. The Kier molecular flexibility index (Phi) is 10.4. The molecule has 1 unspecified atom stereocenters. The number of carbonyl (C=O) groups excluding carboxylic acids is 1. The van der Waals surface area contributed by atoms with Gasteiger partial charge in [0.2, 0.25) is 0 Å². The minimum absolute atomic E-state index is 0.0337. The molecule has 2 atom stereocenters. The summed E-state index contributed by atoms with van der Waals surface area (Å²) in [7, 11) is 1.82. The summed E-state index contributed by atoms with van der Waals surface area (Å²) in [5.74, 6) is 0.329. The van der Waals surface area contributed by atoms with Crippen LogP contribution in [-0.4, -0.2) is 50.3 Å². The van der Waals surface area contributed by atoms with Crippen molar-refractivity contribution in [2.24, 2.45) is 11.7 Å². The molecule has 6 heteroatoms. The van der Waals surface area contributed by atoms with Crippen molar-refractivity contribution in [2.45, 2.75) is 64.3 Å². The van der Waals surface area contributed by atoms with Crippen LogP contribution in [0.25, 0.3) is 0 Å². The molecule has 29 heavy (non-hydrogen) atoms. The maximum atomic E-state index is 13.3. The monoisotopic (exact) mass is 407 g/mol. The smallest absolute Gasteiger partial charge is 0.317 e. The molecule has 1 aromatic rings. The minimum atomic E-state index is -0.174. The quantitative estimate of drug-likeness (QED) is 0.576. The summed E-state index contributed by atoms with van der Waals surface area (Å²) in [4.78, 5) is 14.0. The van der Waals surface area contributed by atoms with E-state index in [4.69, 9.17) is 10.5 Å². The molecular formula is C23H38FN3O2. The van der Waals surface area contributed by atoms with Gasteiger partial charge in [-0.15, -0.1) is 0 Å². The molecule has 0 spiro atoms. The van der Waals surface area contributed by atoms with E-state index in [1.54, 1.807) is 11.0 Å². The van der Waals surface area contributed by atoms with Gasteiger partial charge in [0.05, 0.1) is 0 Å². The molecule has 2 amide bonds. The fraction of sp³-hybridized carbons (Fsp3) is 0.696. The van der Waals surface area contributed by atoms with Crippen molar-refractivity contribution in [3.05, 3.63) is 35.1 Å². The maximum Gasteiger partial charge on any atom is 0.317 e. The lowest BCUT2D eigenvalue weighted by Gasteiger charge is -2.22. The zero-order valence-corrected chi connectivity index (χ0v) is 18.1. The Morgan fingerprint density at radius 1 is 1.34 bits per heavy atom. The van der Waals surface area contributed by atoms with E-state index in [1.807, 2.05) is 20.0 Å². The van der Waals surface area contributed by atoms with Gasteiger partial charge in [-0.05, 0) is 74.6 Å². The van der Waals surface area contributed by atoms with Crippen LogP contribution >= 0.6 is 0 Å². The normalized spacial score (nSPS) is 18.1. The van der Waals surface area contributed by atoms with E-state index in [0.717, 1.165) is 69.3 Å². The molecule has 0 radical (unpaired) electrons. The van der Waals surface area contributed by atoms with Crippen molar-refractivity contribution < 1.29 is 13.9 Å². The Morgan fingerprint density at radius 2 is 2.17 bits per heavy atom. The molecule has 2 rings (SSSR count). The summed E-state index contributed by atoms with van der Waals surface area (Å²) in [5, 5.41) is 2.95. The number of hydrogen-bond acceptors (Lipinski definition) is 3. The molecule has 1 aliphatic rings. The minimum Gasteiger partial charge on any atom is -0.381 e. The number of hydrogen-bond donors (Lipinski definition) is 2. The third-order valence-corrected chi connectivity index (χ3v) is 5.75. The van der Waals surface area contributed by atoms with Gasteiger partial charge in [0, 0.05) is 39.4 Å². The first-order valence-electron chi connectivity index (χ1n) is 11.0. The molecule has 1 aliphatic heterocycles. The second kappa shape index (κ2) is 12.8. The maximum absolute atomic E-state index is 13.3. The highest BCUT2D eigenvalue weighted by atomic mass is 19.1. The third kappa shape index (κ3) is 9.13. The Morgan fingerprint density at radius 3 is 3.00 bits per heavy atom. The first-order valence-corrected chi connectivity index (χ1v) is 11.0. The molecular weight excluding hydrogens is 369 g/mol. The number of unbranched alkanes of at least 4 members (excludes halogenated alkanes) is 2. The number of amides is 2. The zero-order chi connectivity index (χ0) is 21.1. The summed E-state index contributed by atoms with van der Waals surface area (Å²) in [5.41, 5.74) is 8.41. The second-order valence-corrected chi connectivity index (χ2v) is 8.42. The van der Waals surface area contributed by atoms with Gasteiger partial charge >= 0.3 is 6.03 Å². The molecule has 0 aliphatic carbocycles. The van der Waals surface area contributed by atoms with Gasteiger partial charge in [-0.1, -0.05) is 18.9 Å². The molecule has 1 heterocycles. The highest BCUT2D eigenvalue weighted by Gasteiger charge is 2.17. The summed E-state index contributed by atoms with van der Waals surface area (Å²) >= 11 is 0. The van der Waals surface area contributed by atoms with Gasteiger partial charge in [0.15, 0.2) is 0 Å². The number of rotatable bonds is 10. The van der Waals surface area contributed by atoms with Crippen LogP contribution in [0.4, 0.5) is 9.18 Å². The van der Waals surface area contributed by atoms with E-state index < -0.39 is 0 Å². The van der Waals surface area contributed by atoms with Crippen LogP contribution in [-0.2, 0) is 11.2 Å². The van der Waals surface area contributed by atoms with Crippen LogP contribution < -0.4 is 11.1 Å². The van der Waals surface area contributed by atoms with Crippen LogP contribution in [0.3, 0.4) is 0 Å². The van der Waals surface area contributed by atoms with Gasteiger partial charge < -0.3 is 20.7 Å². The van der Waals surface area contributed by atoms with Crippen molar-refractivity contribution in [2.75, 3.05) is 33.4 Å². The molecule has 3 N–H and O–H groups in total. The highest BCUT2D eigenvalue weighted by molar-refractivity contribution is 5.73. The van der Waals surface area contributed by atoms with Gasteiger partial charge in [0.1, 0.15) is 5.82 Å². The number of urea groups is 1. The van der Waals surface area contributed by atoms with E-state index in [9.17, 15) is 9.18 Å². The predicted octanol–water partition coefficient (Wildman–Crippen LogP) is 4.02. The number of halogens is 1. The Labute approximate surface area is 175 Å². The zero-order valence-electron chi connectivity index (χ0n) is 18.1. The SMILES string of the molecule is Cc1ccc(F)cc1CCCCCN(C)C(=O)NCC(N)C[C@H]1CCCCOC1. The number of nitrogens with zero attached hydrogens (tertiary/aromatic N) is 1. The van der Waals surface area contributed by atoms with E-state index in [2.05, 4.69) is 5.32 Å². The lowest BCUT2D eigenvalue weighted by Crippen LogP contribution is -2.44. The number of nitrogens with one attached hydrogen (secondary N) is 1. The number of nitrogens with two attached hydrogens (primary N) is 1. The largest absolute Gasteiger partial charge is 0.381 e. The Balaban J connectivity index is 1.56. The predicted molar refractivity (Wildman–Crippen MR) is 115 cm³/mol. The molecule has 1 fully saturated rings. The average molecular weight is 408 g/mol. The average Bonchev–Trinajstić information content (AvgIpc) is 2.96. The number of ether oxygens (including phenoxy) is 1. The lowest BCUT2D eigenvalue weighted by atomic mass is 9.96. The summed E-state index contributed by atoms with van der Waals surface area (Å²) in [6.07, 6.45) is 8.20. The van der Waals surface area contributed by atoms with E-state index in [0.29, 0.717) is 19.0 Å². The van der Waals surface area contributed by atoms with Crippen molar-refractivity contribution >= 4 is 6.03 Å². The molecule has 1 aromatic carbocycles. The van der Waals surface area contributed by atoms with Crippen LogP contribution in [0, 0.1) is 18.7 Å². The standard InChI is InChI=1S/C23H38FN3O2/c1-18-10-11-21(24)15-20(18)9-4-3-6-12-27(2)23(28)26-16-22(25)14-19-8-5-7-13-29-17-19/h10-11,15,19,22H,3-9,12-14,16-17,25H2,1-2H3,(H,26,28)/t19-,22?/m1/s1. The highest BCUT2D eigenvalue weighted by Crippen LogP contribution is 2.18. The topological polar surface area (TPSA) is 67.6 Å². The van der Waals surface area contributed by atoms with Crippen molar-refractivity contribution in [3.63, 3.8) is 0 Å². The van der Waals surface area contributed by atoms with Crippen molar-refractivity contribution in [1.82, 2.24) is 10.2 Å². The molecule has 0 bridgehead atoms. The van der Waals surface area contributed by atoms with Gasteiger partial charge in [0.25, 0.3) is 0 Å². The summed E-state index contributed by atoms with van der Waals surface area (Å²) in [6.45, 7) is 4.87. The van der Waals surface area contributed by atoms with Gasteiger partial charge in [-0.2, -0.15) is 0 Å². The van der Waals surface area contributed by atoms with Crippen LogP contribution in [0.5, 0.6) is 0 Å². The first-order chi connectivity index (χ1) is 14.0. The fourth-order valence-corrected chi connectivity index (χ4v) is 3.87. The lowest BCUT2D eigenvalue weighted by molar-refractivity contribution is 0.110. The van der Waals surface area contributed by atoms with Crippen LogP contribution in [0.1, 0.15) is 56.1 Å². The van der Waals surface area contributed by atoms with E-state index in [-0.39, 0.29) is 17.9 Å². The first kappa shape index (κ1) is 23.6.